The fourth-order valence-corrected chi connectivity index (χ4v) is 3.98. The maximum absolute atomic E-state index is 13.5. The molecule has 6 heteroatoms. The highest BCUT2D eigenvalue weighted by atomic mass is 35.5. The Morgan fingerprint density at radius 2 is 1.77 bits per heavy atom. The quantitative estimate of drug-likeness (QED) is 0.448. The predicted molar refractivity (Wildman–Crippen MR) is 129 cm³/mol. The number of nitrogens with one attached hydrogen (secondary N) is 1. The van der Waals surface area contributed by atoms with Gasteiger partial charge in [0, 0.05) is 23.1 Å². The molecule has 0 fully saturated rings. The third kappa shape index (κ3) is 7.26. The van der Waals surface area contributed by atoms with Gasteiger partial charge in [-0.05, 0) is 55.5 Å². The van der Waals surface area contributed by atoms with Crippen LogP contribution in [-0.4, -0.2) is 29.3 Å². The van der Waals surface area contributed by atoms with Gasteiger partial charge in [0.1, 0.15) is 6.04 Å². The van der Waals surface area contributed by atoms with Crippen molar-refractivity contribution in [3.05, 3.63) is 68.7 Å². The number of halogens is 2. The molecule has 168 valence electrons. The summed E-state index contributed by atoms with van der Waals surface area (Å²) < 4.78 is 0. The third-order valence-electron chi connectivity index (χ3n) is 5.42. The van der Waals surface area contributed by atoms with Crippen molar-refractivity contribution in [3.63, 3.8) is 0 Å². The van der Waals surface area contributed by atoms with Crippen molar-refractivity contribution in [3.8, 4) is 0 Å². The Hall–Kier alpha value is -2.04. The normalized spacial score (nSPS) is 11.8. The first-order valence-electron chi connectivity index (χ1n) is 10.8. The van der Waals surface area contributed by atoms with Crippen LogP contribution in [0.1, 0.15) is 55.4 Å². The summed E-state index contributed by atoms with van der Waals surface area (Å²) in [5, 5.41) is 4.00. The minimum absolute atomic E-state index is 0.0998. The molecule has 0 spiro atoms. The number of carbonyl (C=O) groups is 2. The van der Waals surface area contributed by atoms with Crippen molar-refractivity contribution in [1.29, 1.82) is 0 Å². The Balaban J connectivity index is 2.33. The minimum atomic E-state index is -0.568. The second kappa shape index (κ2) is 12.1. The highest BCUT2D eigenvalue weighted by Gasteiger charge is 2.29. The molecule has 4 nitrogen and oxygen atoms in total. The SMILES string of the molecule is CCCCNC(=O)[C@H](CC)N(Cc1ccc(Cl)cc1Cl)C(=O)Cc1cc(C)ccc1C. The van der Waals surface area contributed by atoms with E-state index in [4.69, 9.17) is 23.2 Å². The lowest BCUT2D eigenvalue weighted by atomic mass is 10.0. The highest BCUT2D eigenvalue weighted by molar-refractivity contribution is 6.35. The molecule has 31 heavy (non-hydrogen) atoms. The Bertz CT molecular complexity index is 914. The second-order valence-electron chi connectivity index (χ2n) is 7.93. The van der Waals surface area contributed by atoms with E-state index in [1.807, 2.05) is 45.0 Å². The van der Waals surface area contributed by atoms with Gasteiger partial charge in [-0.3, -0.25) is 9.59 Å². The number of nitrogens with zero attached hydrogens (tertiary/aromatic N) is 1. The predicted octanol–water partition coefficient (Wildman–Crippen LogP) is 5.88. The Kier molecular flexibility index (Phi) is 9.86. The number of carbonyl (C=O) groups excluding carboxylic acids is 2. The lowest BCUT2D eigenvalue weighted by molar-refractivity contribution is -0.140. The largest absolute Gasteiger partial charge is 0.354 e. The van der Waals surface area contributed by atoms with Gasteiger partial charge in [0.25, 0.3) is 0 Å². The lowest BCUT2D eigenvalue weighted by Gasteiger charge is -2.31. The molecule has 0 saturated heterocycles. The number of aryl methyl sites for hydroxylation is 2. The molecule has 0 aromatic heterocycles. The van der Waals surface area contributed by atoms with Crippen molar-refractivity contribution in [2.24, 2.45) is 0 Å². The highest BCUT2D eigenvalue weighted by Crippen LogP contribution is 2.24. The molecule has 0 aliphatic rings. The zero-order chi connectivity index (χ0) is 23.0. The van der Waals surface area contributed by atoms with Crippen LogP contribution in [0, 0.1) is 13.8 Å². The standard InChI is InChI=1S/C25H32Cl2N2O2/c1-5-7-12-28-25(31)23(6-2)29(16-19-10-11-21(26)15-22(19)27)24(30)14-20-13-17(3)8-9-18(20)4/h8-11,13,15,23H,5-7,12,14,16H2,1-4H3,(H,28,31)/t23-/m0/s1. The van der Waals surface area contributed by atoms with E-state index >= 15 is 0 Å². The van der Waals surface area contributed by atoms with Gasteiger partial charge in [-0.2, -0.15) is 0 Å². The maximum atomic E-state index is 13.5. The van der Waals surface area contributed by atoms with Crippen LogP contribution in [0.4, 0.5) is 0 Å². The molecule has 0 saturated carbocycles. The van der Waals surface area contributed by atoms with Gasteiger partial charge in [0.15, 0.2) is 0 Å². The van der Waals surface area contributed by atoms with Gasteiger partial charge in [-0.1, -0.05) is 73.3 Å². The Morgan fingerprint density at radius 1 is 1.03 bits per heavy atom. The van der Waals surface area contributed by atoms with E-state index in [9.17, 15) is 9.59 Å². The third-order valence-corrected chi connectivity index (χ3v) is 6.00. The molecule has 1 N–H and O–H groups in total. The zero-order valence-corrected chi connectivity index (χ0v) is 20.3. The summed E-state index contributed by atoms with van der Waals surface area (Å²) >= 11 is 12.4. The van der Waals surface area contributed by atoms with Crippen LogP contribution in [-0.2, 0) is 22.6 Å². The molecule has 0 bridgehead atoms. The molecule has 2 aromatic rings. The summed E-state index contributed by atoms with van der Waals surface area (Å²) in [5.41, 5.74) is 3.90. The Labute approximate surface area is 195 Å². The first kappa shape index (κ1) is 25.2. The van der Waals surface area contributed by atoms with Crippen LogP contribution in [0.2, 0.25) is 10.0 Å². The van der Waals surface area contributed by atoms with Crippen molar-refractivity contribution in [1.82, 2.24) is 10.2 Å². The first-order valence-corrected chi connectivity index (χ1v) is 11.6. The van der Waals surface area contributed by atoms with Crippen LogP contribution in [0.5, 0.6) is 0 Å². The van der Waals surface area contributed by atoms with Gasteiger partial charge in [-0.25, -0.2) is 0 Å². The van der Waals surface area contributed by atoms with E-state index in [-0.39, 0.29) is 24.8 Å². The van der Waals surface area contributed by atoms with Crippen LogP contribution in [0.3, 0.4) is 0 Å². The van der Waals surface area contributed by atoms with Crippen molar-refractivity contribution in [2.45, 2.75) is 66.0 Å². The molecule has 0 unspecified atom stereocenters. The van der Waals surface area contributed by atoms with Gasteiger partial charge < -0.3 is 10.2 Å². The average molecular weight is 463 g/mol. The van der Waals surface area contributed by atoms with Crippen LogP contribution >= 0.6 is 23.2 Å². The molecule has 0 aliphatic carbocycles. The Morgan fingerprint density at radius 3 is 2.42 bits per heavy atom. The monoisotopic (exact) mass is 462 g/mol. The number of benzene rings is 2. The molecule has 1 atom stereocenters. The minimum Gasteiger partial charge on any atom is -0.354 e. The summed E-state index contributed by atoms with van der Waals surface area (Å²) in [4.78, 5) is 28.1. The van der Waals surface area contributed by atoms with Crippen LogP contribution < -0.4 is 5.32 Å². The van der Waals surface area contributed by atoms with E-state index in [2.05, 4.69) is 12.2 Å². The van der Waals surface area contributed by atoms with E-state index in [0.29, 0.717) is 23.0 Å². The molecule has 0 heterocycles. The number of rotatable bonds is 10. The lowest BCUT2D eigenvalue weighted by Crippen LogP contribution is -2.49. The van der Waals surface area contributed by atoms with Crippen molar-refractivity contribution < 1.29 is 9.59 Å². The number of unbranched alkanes of at least 4 members (excludes halogenated alkanes) is 1. The number of hydrogen-bond acceptors (Lipinski definition) is 2. The summed E-state index contributed by atoms with van der Waals surface area (Å²) in [6, 6.07) is 10.7. The number of hydrogen-bond donors (Lipinski definition) is 1. The fraction of sp³-hybridized carbons (Fsp3) is 0.440. The van der Waals surface area contributed by atoms with Crippen molar-refractivity contribution >= 4 is 35.0 Å². The number of amides is 2. The summed E-state index contributed by atoms with van der Waals surface area (Å²) in [7, 11) is 0. The van der Waals surface area contributed by atoms with E-state index in [1.54, 1.807) is 17.0 Å². The molecular weight excluding hydrogens is 431 g/mol. The zero-order valence-electron chi connectivity index (χ0n) is 18.8. The topological polar surface area (TPSA) is 49.4 Å². The van der Waals surface area contributed by atoms with E-state index in [0.717, 1.165) is 35.1 Å². The van der Waals surface area contributed by atoms with Gasteiger partial charge in [-0.15, -0.1) is 0 Å². The van der Waals surface area contributed by atoms with Crippen LogP contribution in [0.15, 0.2) is 36.4 Å². The van der Waals surface area contributed by atoms with E-state index in [1.165, 1.54) is 0 Å². The summed E-state index contributed by atoms with van der Waals surface area (Å²) in [5.74, 6) is -0.229. The van der Waals surface area contributed by atoms with Crippen molar-refractivity contribution in [2.75, 3.05) is 6.54 Å². The summed E-state index contributed by atoms with van der Waals surface area (Å²) in [6.45, 7) is 8.86. The van der Waals surface area contributed by atoms with Gasteiger partial charge in [0.2, 0.25) is 11.8 Å². The molecular formula is C25H32Cl2N2O2. The molecule has 2 aromatic carbocycles. The fourth-order valence-electron chi connectivity index (χ4n) is 3.51. The maximum Gasteiger partial charge on any atom is 0.242 e. The molecule has 2 rings (SSSR count). The first-order chi connectivity index (χ1) is 14.8. The molecule has 2 amide bonds. The van der Waals surface area contributed by atoms with Gasteiger partial charge >= 0.3 is 0 Å². The second-order valence-corrected chi connectivity index (χ2v) is 8.78. The van der Waals surface area contributed by atoms with Gasteiger partial charge in [0.05, 0.1) is 6.42 Å². The molecule has 0 aliphatic heterocycles. The average Bonchev–Trinajstić information content (AvgIpc) is 2.72. The van der Waals surface area contributed by atoms with E-state index < -0.39 is 6.04 Å². The smallest absolute Gasteiger partial charge is 0.242 e. The van der Waals surface area contributed by atoms with Crippen LogP contribution in [0.25, 0.3) is 0 Å². The molecule has 0 radical (unpaired) electrons. The summed E-state index contributed by atoms with van der Waals surface area (Å²) in [6.07, 6.45) is 2.65.